The van der Waals surface area contributed by atoms with Crippen LogP contribution in [0, 0.1) is 12.8 Å². The van der Waals surface area contributed by atoms with Gasteiger partial charge in [-0.2, -0.15) is 0 Å². The maximum absolute atomic E-state index is 5.88. The minimum Gasteiger partial charge on any atom is -0.124 e. The van der Waals surface area contributed by atoms with Crippen LogP contribution < -0.4 is 0 Å². The fraction of sp³-hybridized carbons (Fsp3) is 0.889. The highest BCUT2D eigenvalue weighted by Gasteiger charge is 0.454. The number of hydrogen-bond acceptors (Lipinski definition) is 0. The highest BCUT2D eigenvalue weighted by atomic mass is 12.6. The Morgan fingerprint density at radius 1 is 0.611 bits per heavy atom. The first-order chi connectivity index (χ1) is 7.24. The van der Waals surface area contributed by atoms with Gasteiger partial charge in [-0.15, -0.1) is 12.8 Å². The number of terminal acetylenes is 1. The SMILES string of the molecule is C.C.C.C.C.C.C.C.C.C.C.C.[3HH].[3HH].[3HH].[3HH].[3HH].[3HH].[3HH].[3HH].[3HH].[3HH].[3HH].[3HH].[3HH].[3HH].[3HH].[3HH].[3H]C.[3H]C.[3H]C#C.[3H]C[3H].[3H]C[3H].[3H][3H]. The van der Waals surface area contributed by atoms with Crippen molar-refractivity contribution in [2.24, 2.45) is 0 Å². The second-order valence-corrected chi connectivity index (χ2v) is 0. The van der Waals surface area contributed by atoms with E-state index in [4.69, 9.17) is 12.6 Å². The molecule has 0 heterocycles. The van der Waals surface area contributed by atoms with Gasteiger partial charge in [0.2, 0.25) is 0 Å². The zero-order valence-electron chi connectivity index (χ0n) is 13.5. The van der Waals surface area contributed by atoms with Crippen molar-refractivity contribution in [2.45, 2.75) is 119 Å². The molecule has 0 spiro atoms. The zero-order chi connectivity index (χ0) is 14.1. The van der Waals surface area contributed by atoms with Crippen LogP contribution in [0.25, 0.3) is 0 Å². The zero-order valence-corrected chi connectivity index (χ0v) is 4.49. The first-order valence-corrected chi connectivity index (χ1v) is 0.289. The van der Waals surface area contributed by atoms with Gasteiger partial charge in [-0.25, -0.2) is 0 Å². The van der Waals surface area contributed by atoms with E-state index in [0.29, 0.717) is 0 Å². The molecule has 0 nitrogen and oxygen atoms in total. The van der Waals surface area contributed by atoms with Crippen molar-refractivity contribution in [2.75, 3.05) is 0 Å². The van der Waals surface area contributed by atoms with E-state index in [1.165, 1.54) is 21.2 Å². The summed E-state index contributed by atoms with van der Waals surface area (Å²) in [6.45, 7) is 0. The quantitative estimate of drug-likeness (QED) is 0.373. The van der Waals surface area contributed by atoms with Crippen LogP contribution in [-0.2, 0) is 0 Å². The second kappa shape index (κ2) is 20700. The Morgan fingerprint density at radius 2 is 0.611 bits per heavy atom. The van der Waals surface area contributed by atoms with E-state index in [-0.39, 0.29) is 127 Å². The average molecular weight is 367 g/mol. The summed E-state index contributed by atoms with van der Waals surface area (Å²) in [7, 11) is 2.00. The Balaban J connectivity index is -0.000000000628. The van der Waals surface area contributed by atoms with Gasteiger partial charge in [-0.05, 0) is 0 Å². The molecule has 0 bridgehead atoms. The standard InChI is InChI=1S/C2H2.16CH4.17H2/c1-2;;;;;;;;;;;;;;;;;;;;;;;;;;;;;;;;;/h1-2H;16*1H4;17*1H/i1T;2*1T2;2*1T;;;;;;;;;;;;;1+2T;16*1+2. The molecular formula is C18H100. The summed E-state index contributed by atoms with van der Waals surface area (Å²) in [5.41, 5.74) is 0. The fourth-order valence-electron chi connectivity index (χ4n) is 0. The summed E-state index contributed by atoms with van der Waals surface area (Å²) in [5, 5.41) is 0. The maximum atomic E-state index is 5.88. The molecule has 0 rings (SSSR count). The van der Waals surface area contributed by atoms with Crippen molar-refractivity contribution >= 4 is 0 Å². The van der Waals surface area contributed by atoms with Crippen LogP contribution >= 0.6 is 0 Å². The summed E-state index contributed by atoms with van der Waals surface area (Å²) < 4.78 is 50.7. The van der Waals surface area contributed by atoms with Crippen LogP contribution in [0.15, 0.2) is 0 Å². The van der Waals surface area contributed by atoms with Gasteiger partial charge in [0.15, 0.2) is 0 Å². The molecule has 0 N–H and O–H groups in total. The summed E-state index contributed by atoms with van der Waals surface area (Å²) in [6.07, 6.45) is 5.76. The van der Waals surface area contributed by atoms with Crippen molar-refractivity contribution in [3.63, 3.8) is 0 Å². The summed E-state index contributed by atoms with van der Waals surface area (Å²) in [4.78, 5) is 0. The van der Waals surface area contributed by atoms with Crippen LogP contribution in [0.5, 0.6) is 0 Å². The van der Waals surface area contributed by atoms with Crippen molar-refractivity contribution in [1.82, 2.24) is 0 Å². The van der Waals surface area contributed by atoms with Crippen LogP contribution in [0.4, 0.5) is 0 Å². The summed E-state index contributed by atoms with van der Waals surface area (Å²) in [5.74, 6) is 0. The molecule has 0 heteroatoms. The normalized spacial score (nSPS) is 3.94. The van der Waals surface area contributed by atoms with Crippen molar-refractivity contribution in [1.29, 1.82) is 0 Å². The lowest BCUT2D eigenvalue weighted by atomic mass is 11.4. The molecule has 0 unspecified atom stereocenters. The van der Waals surface area contributed by atoms with Gasteiger partial charge in [0.05, 0.1) is 0 Å². The highest BCUT2D eigenvalue weighted by Crippen LogP contribution is 0.579. The minimum absolute atomic E-state index is 0. The Labute approximate surface area is 169 Å². The van der Waals surface area contributed by atoms with Crippen LogP contribution in [0.1, 0.15) is 154 Å². The van der Waals surface area contributed by atoms with Gasteiger partial charge in [-0.1, -0.05) is 119 Å². The first-order valence-electron chi connectivity index (χ1n) is 6.62. The Hall–Kier alpha value is -0.440. The van der Waals surface area contributed by atoms with Gasteiger partial charge in [0.25, 0.3) is 0 Å². The Kier molecular flexibility index (Phi) is 75600. The third kappa shape index (κ3) is 17000. The lowest BCUT2D eigenvalue weighted by Crippen LogP contribution is -0.576. The van der Waals surface area contributed by atoms with Gasteiger partial charge >= 0.3 is 0 Å². The van der Waals surface area contributed by atoms with Crippen LogP contribution in [0.3, 0.4) is 0 Å². The molecule has 0 saturated carbocycles. The summed E-state index contributed by atoms with van der Waals surface area (Å²) in [6, 6.07) is 0. The summed E-state index contributed by atoms with van der Waals surface area (Å²) >= 11 is 0. The van der Waals surface area contributed by atoms with Gasteiger partial charge in [0, 0.05) is 34.0 Å². The molecule has 0 aromatic heterocycles. The molecule has 18 heavy (non-hydrogen) atoms. The van der Waals surface area contributed by atoms with Crippen LogP contribution in [-0.4, -0.2) is 0 Å². The molecule has 0 aromatic carbocycles. The molecule has 0 radical (unpaired) electrons. The van der Waals surface area contributed by atoms with Crippen molar-refractivity contribution in [3.8, 4) is 12.8 Å². The molecule has 0 amide bonds. The third-order valence-corrected chi connectivity index (χ3v) is 0. The van der Waals surface area contributed by atoms with E-state index in [1.54, 1.807) is 0 Å². The smallest absolute Gasteiger partial charge is 0.124 e. The van der Waals surface area contributed by atoms with Gasteiger partial charge in [0.1, 0.15) is 1.37 Å². The van der Waals surface area contributed by atoms with Crippen LogP contribution in [0.2, 0.25) is 0 Å². The third-order valence-electron chi connectivity index (χ3n) is 0. The van der Waals surface area contributed by atoms with E-state index in [1.807, 2.05) is 0 Å². The molecule has 0 aromatic rings. The molecule has 0 aliphatic rings. The maximum Gasteiger partial charge on any atom is 0.124 e. The molecular weight excluding hydrogens is 216 g/mol. The minimum atomic E-state index is -0.250. The second-order valence-electron chi connectivity index (χ2n) is 0. The molecule has 172 valence electrons. The monoisotopic (exact) mass is 367 g/mol. The predicted molar refractivity (Wildman–Crippen MR) is 154 cm³/mol. The lowest BCUT2D eigenvalue weighted by Gasteiger charge is -0.701. The van der Waals surface area contributed by atoms with E-state index in [2.05, 4.69) is 6.42 Å². The number of rotatable bonds is 0. The Morgan fingerprint density at radius 3 is 0.611 bits per heavy atom. The fourth-order valence-corrected chi connectivity index (χ4v) is 0. The van der Waals surface area contributed by atoms with E-state index < -0.39 is 0 Å². The largest absolute Gasteiger partial charge is 0.124 e. The van der Waals surface area contributed by atoms with E-state index in [9.17, 15) is 0 Å². The molecule has 0 fully saturated rings. The predicted octanol–water partition coefficient (Wildman–Crippen LogP) is 14.6. The molecule has 0 aliphatic heterocycles. The van der Waals surface area contributed by atoms with E-state index in [0.717, 1.165) is 0 Å². The van der Waals surface area contributed by atoms with E-state index >= 15 is 0 Å². The topological polar surface area (TPSA) is 0 Å². The van der Waals surface area contributed by atoms with Crippen molar-refractivity contribution < 1.29 is 35.4 Å². The lowest BCUT2D eigenvalue weighted by molar-refractivity contribution is 2.50. The molecule has 0 saturated heterocycles. The highest BCUT2D eigenvalue weighted by molar-refractivity contribution is 4.47. The van der Waals surface area contributed by atoms with Gasteiger partial charge in [-0.3, -0.25) is 0 Å². The molecule has 0 atom stereocenters. The Bertz CT molecular complexity index is 78.7. The molecule has 0 aliphatic carbocycles. The van der Waals surface area contributed by atoms with Gasteiger partial charge < -0.3 is 0 Å². The average Bonchev–Trinajstić information content (AvgIpc) is 2.29. The van der Waals surface area contributed by atoms with Crippen molar-refractivity contribution in [3.05, 3.63) is 0 Å². The number of hydrogen-bond donors (Lipinski definition) is 0. The first kappa shape index (κ1) is 65.7.